The molecule has 5 aromatic rings. The number of halogens is 1. The van der Waals surface area contributed by atoms with Crippen molar-refractivity contribution in [2.45, 2.75) is 13.8 Å². The highest BCUT2D eigenvalue weighted by atomic mass is 19.1. The van der Waals surface area contributed by atoms with Crippen LogP contribution in [0.4, 0.5) is 4.39 Å². The van der Waals surface area contributed by atoms with Crippen molar-refractivity contribution in [2.75, 3.05) is 0 Å². The predicted octanol–water partition coefficient (Wildman–Crippen LogP) is 4.76. The first-order chi connectivity index (χ1) is 16.0. The molecular formula is C27H22FN5. The molecule has 0 aliphatic heterocycles. The van der Waals surface area contributed by atoms with Gasteiger partial charge in [0, 0.05) is 34.8 Å². The zero-order valence-corrected chi connectivity index (χ0v) is 18.4. The van der Waals surface area contributed by atoms with Crippen LogP contribution in [0, 0.1) is 12.7 Å². The molecule has 5 rings (SSSR count). The highest BCUT2D eigenvalue weighted by Crippen LogP contribution is 2.30. The number of hydrogen-bond donors (Lipinski definition) is 2. The molecule has 4 heterocycles. The molecule has 1 aromatic carbocycles. The summed E-state index contributed by atoms with van der Waals surface area (Å²) in [6, 6.07) is 10.6. The minimum Gasteiger partial charge on any atom is -0.352 e. The first kappa shape index (κ1) is 20.6. The maximum Gasteiger partial charge on any atom is 0.123 e. The Hall–Kier alpha value is -4.32. The fourth-order valence-corrected chi connectivity index (χ4v) is 3.88. The molecule has 5 nitrogen and oxygen atoms in total. The summed E-state index contributed by atoms with van der Waals surface area (Å²) in [5.41, 5.74) is 7.31. The van der Waals surface area contributed by atoms with Crippen molar-refractivity contribution < 1.29 is 4.39 Å². The number of hydrogen-bond acceptors (Lipinski definition) is 3. The van der Waals surface area contributed by atoms with E-state index >= 15 is 0 Å². The first-order valence-electron chi connectivity index (χ1n) is 10.6. The van der Waals surface area contributed by atoms with E-state index in [0.29, 0.717) is 0 Å². The fourth-order valence-electron chi connectivity index (χ4n) is 3.88. The smallest absolute Gasteiger partial charge is 0.123 e. The molecule has 33 heavy (non-hydrogen) atoms. The lowest BCUT2D eigenvalue weighted by molar-refractivity contribution is 0.628. The standard InChI is InChI=1S/C27H22FN5/c1-16-9-20(13-29-12-16)17(2)7-8-24-18(3)27(33-32-24)25-11-22-23(14-30-15-26(22)31-25)19-5-4-6-21(28)10-19/h4-15,31-32H,3H2,1-2H3/b17-7+,24-8+. The second-order valence-electron chi connectivity index (χ2n) is 8.07. The van der Waals surface area contributed by atoms with Crippen LogP contribution in [-0.4, -0.2) is 25.1 Å². The quantitative estimate of drug-likeness (QED) is 0.428. The summed E-state index contributed by atoms with van der Waals surface area (Å²) < 4.78 is 13.8. The van der Waals surface area contributed by atoms with Gasteiger partial charge in [-0.25, -0.2) is 4.39 Å². The number of fused-ring (bicyclic) bond motifs is 1. The van der Waals surface area contributed by atoms with Crippen molar-refractivity contribution in [3.8, 4) is 22.5 Å². The lowest BCUT2D eigenvalue weighted by Crippen LogP contribution is -2.21. The average molecular weight is 436 g/mol. The van der Waals surface area contributed by atoms with Crippen LogP contribution in [0.2, 0.25) is 0 Å². The third-order valence-electron chi connectivity index (χ3n) is 5.67. The van der Waals surface area contributed by atoms with E-state index in [2.05, 4.69) is 37.8 Å². The summed E-state index contributed by atoms with van der Waals surface area (Å²) in [4.78, 5) is 12.0. The van der Waals surface area contributed by atoms with Gasteiger partial charge in [0.05, 0.1) is 22.8 Å². The van der Waals surface area contributed by atoms with Crippen molar-refractivity contribution in [1.82, 2.24) is 25.1 Å². The molecule has 0 amide bonds. The number of aryl methyl sites for hydroxylation is 1. The van der Waals surface area contributed by atoms with E-state index in [0.717, 1.165) is 60.7 Å². The fraction of sp³-hybridized carbons (Fsp3) is 0.0741. The summed E-state index contributed by atoms with van der Waals surface area (Å²) in [5.74, 6) is -0.280. The van der Waals surface area contributed by atoms with E-state index in [9.17, 15) is 4.39 Å². The largest absolute Gasteiger partial charge is 0.352 e. The number of benzene rings is 1. The topological polar surface area (TPSA) is 70.2 Å². The number of aromatic amines is 2. The Labute approximate surface area is 190 Å². The monoisotopic (exact) mass is 435 g/mol. The molecule has 0 radical (unpaired) electrons. The molecule has 0 saturated carbocycles. The van der Waals surface area contributed by atoms with E-state index in [1.165, 1.54) is 12.1 Å². The summed E-state index contributed by atoms with van der Waals surface area (Å²) in [7, 11) is 0. The lowest BCUT2D eigenvalue weighted by Gasteiger charge is -2.02. The van der Waals surface area contributed by atoms with Crippen molar-refractivity contribution in [3.63, 3.8) is 0 Å². The van der Waals surface area contributed by atoms with Gasteiger partial charge in [0.2, 0.25) is 0 Å². The molecule has 0 aliphatic rings. The molecule has 0 spiro atoms. The van der Waals surface area contributed by atoms with Gasteiger partial charge in [-0.05, 0) is 66.5 Å². The van der Waals surface area contributed by atoms with Crippen molar-refractivity contribution in [3.05, 3.63) is 94.8 Å². The van der Waals surface area contributed by atoms with E-state index < -0.39 is 0 Å². The molecule has 0 saturated heterocycles. The first-order valence-corrected chi connectivity index (χ1v) is 10.6. The predicted molar refractivity (Wildman–Crippen MR) is 131 cm³/mol. The van der Waals surface area contributed by atoms with Gasteiger partial charge in [-0.3, -0.25) is 15.1 Å². The van der Waals surface area contributed by atoms with Gasteiger partial charge in [-0.2, -0.15) is 5.10 Å². The zero-order valence-electron chi connectivity index (χ0n) is 18.4. The average Bonchev–Trinajstić information content (AvgIpc) is 3.40. The highest BCUT2D eigenvalue weighted by Gasteiger charge is 2.12. The third kappa shape index (κ3) is 3.99. The van der Waals surface area contributed by atoms with Crippen LogP contribution in [0.5, 0.6) is 0 Å². The Balaban J connectivity index is 1.54. The normalized spacial score (nSPS) is 12.6. The van der Waals surface area contributed by atoms with Crippen LogP contribution in [0.1, 0.15) is 18.1 Å². The summed E-state index contributed by atoms with van der Waals surface area (Å²) in [6.07, 6.45) is 11.2. The lowest BCUT2D eigenvalue weighted by atomic mass is 10.0. The molecule has 2 N–H and O–H groups in total. The SMILES string of the molecule is C=c1c(-c2cc3c(-c4cccc(F)c4)cncc3[nH]2)n[nH]/c1=C/C=C(\C)c1cncc(C)c1. The van der Waals surface area contributed by atoms with Crippen LogP contribution >= 0.6 is 0 Å². The minimum absolute atomic E-state index is 0.280. The van der Waals surface area contributed by atoms with Gasteiger partial charge < -0.3 is 4.98 Å². The number of H-pyrrole nitrogens is 2. The van der Waals surface area contributed by atoms with Crippen LogP contribution in [0.15, 0.2) is 67.3 Å². The molecule has 0 aliphatic carbocycles. The number of nitrogens with one attached hydrogen (secondary N) is 2. The van der Waals surface area contributed by atoms with Gasteiger partial charge in [0.15, 0.2) is 0 Å². The van der Waals surface area contributed by atoms with E-state index in [-0.39, 0.29) is 5.82 Å². The molecular weight excluding hydrogens is 413 g/mol. The number of allylic oxidation sites excluding steroid dienone is 2. The Kier molecular flexibility index (Phi) is 5.18. The highest BCUT2D eigenvalue weighted by molar-refractivity contribution is 5.97. The number of rotatable bonds is 4. The minimum atomic E-state index is -0.280. The van der Waals surface area contributed by atoms with Gasteiger partial charge in [0.1, 0.15) is 11.5 Å². The zero-order chi connectivity index (χ0) is 22.9. The maximum atomic E-state index is 13.8. The van der Waals surface area contributed by atoms with E-state index in [1.807, 2.05) is 50.5 Å². The Bertz CT molecular complexity index is 1620. The maximum absolute atomic E-state index is 13.8. The van der Waals surface area contributed by atoms with Crippen LogP contribution < -0.4 is 10.6 Å². The second kappa shape index (κ2) is 8.31. The van der Waals surface area contributed by atoms with Crippen LogP contribution in [-0.2, 0) is 0 Å². The van der Waals surface area contributed by atoms with Crippen LogP contribution in [0.3, 0.4) is 0 Å². The van der Waals surface area contributed by atoms with Crippen molar-refractivity contribution >= 4 is 29.1 Å². The Morgan fingerprint density at radius 3 is 2.73 bits per heavy atom. The Morgan fingerprint density at radius 1 is 1.06 bits per heavy atom. The number of pyridine rings is 2. The second-order valence-corrected chi connectivity index (χ2v) is 8.07. The molecule has 0 fully saturated rings. The number of aromatic nitrogens is 5. The van der Waals surface area contributed by atoms with Gasteiger partial charge >= 0.3 is 0 Å². The summed E-state index contributed by atoms with van der Waals surface area (Å²) in [5, 5.41) is 10.1. The summed E-state index contributed by atoms with van der Waals surface area (Å²) >= 11 is 0. The van der Waals surface area contributed by atoms with Gasteiger partial charge in [0.25, 0.3) is 0 Å². The molecule has 0 unspecified atom stereocenters. The van der Waals surface area contributed by atoms with Crippen molar-refractivity contribution in [1.29, 1.82) is 0 Å². The molecule has 162 valence electrons. The van der Waals surface area contributed by atoms with Crippen molar-refractivity contribution in [2.24, 2.45) is 0 Å². The molecule has 0 atom stereocenters. The van der Waals surface area contributed by atoms with Gasteiger partial charge in [-0.15, -0.1) is 0 Å². The van der Waals surface area contributed by atoms with Crippen LogP contribution in [0.25, 0.3) is 51.6 Å². The molecule has 0 bridgehead atoms. The molecule has 6 heteroatoms. The van der Waals surface area contributed by atoms with E-state index in [1.54, 1.807) is 18.5 Å². The third-order valence-corrected chi connectivity index (χ3v) is 5.67. The van der Waals surface area contributed by atoms with E-state index in [4.69, 9.17) is 0 Å². The number of nitrogens with zero attached hydrogens (tertiary/aromatic N) is 3. The summed E-state index contributed by atoms with van der Waals surface area (Å²) in [6.45, 7) is 8.31. The van der Waals surface area contributed by atoms with Gasteiger partial charge in [-0.1, -0.05) is 24.8 Å². The Morgan fingerprint density at radius 2 is 1.91 bits per heavy atom. The molecule has 4 aromatic heterocycles.